The molecule has 11 heavy (non-hydrogen) atoms. The standard InChI is InChI=1S/C7H6N2O2/c1-5(10)6-2-3-7(9-11)8-4-6/h2-4H,1H3. The Morgan fingerprint density at radius 2 is 2.27 bits per heavy atom. The van der Waals surface area contributed by atoms with Crippen LogP contribution >= 0.6 is 0 Å². The summed E-state index contributed by atoms with van der Waals surface area (Å²) < 4.78 is 0. The Balaban J connectivity index is 3.00. The fraction of sp³-hybridized carbons (Fsp3) is 0.143. The van der Waals surface area contributed by atoms with E-state index < -0.39 is 0 Å². The molecule has 0 aliphatic heterocycles. The van der Waals surface area contributed by atoms with E-state index in [9.17, 15) is 9.70 Å². The number of rotatable bonds is 2. The van der Waals surface area contributed by atoms with Crippen LogP contribution in [0.25, 0.3) is 0 Å². The molecule has 1 heterocycles. The van der Waals surface area contributed by atoms with E-state index in [1.54, 1.807) is 0 Å². The summed E-state index contributed by atoms with van der Waals surface area (Å²) in [5.74, 6) is 0.0185. The van der Waals surface area contributed by atoms with Gasteiger partial charge in [-0.25, -0.2) is 4.98 Å². The summed E-state index contributed by atoms with van der Waals surface area (Å²) in [6.07, 6.45) is 1.33. The molecule has 0 unspecified atom stereocenters. The first-order valence-corrected chi connectivity index (χ1v) is 3.04. The number of hydrogen-bond donors (Lipinski definition) is 0. The molecular formula is C7H6N2O2. The van der Waals surface area contributed by atoms with Crippen LogP contribution in [0, 0.1) is 4.91 Å². The Morgan fingerprint density at radius 1 is 1.55 bits per heavy atom. The summed E-state index contributed by atoms with van der Waals surface area (Å²) in [5, 5.41) is 2.60. The van der Waals surface area contributed by atoms with E-state index in [4.69, 9.17) is 0 Å². The molecule has 1 aromatic rings. The number of nitrogens with zero attached hydrogens (tertiary/aromatic N) is 2. The van der Waals surface area contributed by atoms with Gasteiger partial charge in [0.05, 0.1) is 0 Å². The van der Waals surface area contributed by atoms with Crippen LogP contribution < -0.4 is 0 Å². The monoisotopic (exact) mass is 150 g/mol. The van der Waals surface area contributed by atoms with Crippen molar-refractivity contribution in [2.45, 2.75) is 6.92 Å². The van der Waals surface area contributed by atoms with Gasteiger partial charge in [0.2, 0.25) is 0 Å². The second-order valence-corrected chi connectivity index (χ2v) is 2.05. The van der Waals surface area contributed by atoms with Gasteiger partial charge in [-0.05, 0) is 24.2 Å². The van der Waals surface area contributed by atoms with Crippen molar-refractivity contribution in [2.75, 3.05) is 0 Å². The lowest BCUT2D eigenvalue weighted by Gasteiger charge is -1.91. The van der Waals surface area contributed by atoms with Gasteiger partial charge < -0.3 is 0 Å². The van der Waals surface area contributed by atoms with Gasteiger partial charge in [-0.15, -0.1) is 4.91 Å². The summed E-state index contributed by atoms with van der Waals surface area (Å²) in [6.45, 7) is 1.44. The van der Waals surface area contributed by atoms with Crippen LogP contribution in [0.2, 0.25) is 0 Å². The third-order valence-corrected chi connectivity index (χ3v) is 1.25. The SMILES string of the molecule is CC(=O)c1ccc(N=O)nc1. The highest BCUT2D eigenvalue weighted by Crippen LogP contribution is 2.07. The molecule has 0 aliphatic carbocycles. The van der Waals surface area contributed by atoms with Gasteiger partial charge in [-0.1, -0.05) is 0 Å². The van der Waals surface area contributed by atoms with Gasteiger partial charge in [-0.3, -0.25) is 4.79 Å². The highest BCUT2D eigenvalue weighted by molar-refractivity contribution is 5.93. The molecular weight excluding hydrogens is 144 g/mol. The Morgan fingerprint density at radius 3 is 2.64 bits per heavy atom. The van der Waals surface area contributed by atoms with Crippen molar-refractivity contribution in [1.29, 1.82) is 0 Å². The van der Waals surface area contributed by atoms with Gasteiger partial charge in [0.1, 0.15) is 0 Å². The Bertz CT molecular complexity index is 279. The topological polar surface area (TPSA) is 59.4 Å². The molecule has 4 heteroatoms. The van der Waals surface area contributed by atoms with Crippen LogP contribution in [0.3, 0.4) is 0 Å². The van der Waals surface area contributed by atoms with Crippen LogP contribution in [0.1, 0.15) is 17.3 Å². The summed E-state index contributed by atoms with van der Waals surface area (Å²) >= 11 is 0. The molecule has 0 saturated carbocycles. The lowest BCUT2D eigenvalue weighted by molar-refractivity contribution is 0.101. The minimum Gasteiger partial charge on any atom is -0.294 e. The molecule has 4 nitrogen and oxygen atoms in total. The first kappa shape index (κ1) is 7.53. The van der Waals surface area contributed by atoms with Crippen molar-refractivity contribution in [3.63, 3.8) is 0 Å². The van der Waals surface area contributed by atoms with Gasteiger partial charge in [0, 0.05) is 11.8 Å². The number of carbonyl (C=O) groups excluding carboxylic acids is 1. The van der Waals surface area contributed by atoms with Crippen LogP contribution in [0.4, 0.5) is 5.82 Å². The molecule has 0 amide bonds. The lowest BCUT2D eigenvalue weighted by atomic mass is 10.2. The average molecular weight is 150 g/mol. The highest BCUT2D eigenvalue weighted by atomic mass is 16.3. The van der Waals surface area contributed by atoms with E-state index >= 15 is 0 Å². The lowest BCUT2D eigenvalue weighted by Crippen LogP contribution is -1.91. The summed E-state index contributed by atoms with van der Waals surface area (Å²) in [6, 6.07) is 2.93. The summed E-state index contributed by atoms with van der Waals surface area (Å²) in [4.78, 5) is 24.2. The number of pyridine rings is 1. The fourth-order valence-electron chi connectivity index (χ4n) is 0.648. The molecule has 0 radical (unpaired) electrons. The van der Waals surface area contributed by atoms with E-state index in [1.807, 2.05) is 0 Å². The average Bonchev–Trinajstić information content (AvgIpc) is 2.05. The van der Waals surface area contributed by atoms with E-state index in [-0.39, 0.29) is 11.6 Å². The van der Waals surface area contributed by atoms with Crippen LogP contribution in [-0.4, -0.2) is 10.8 Å². The van der Waals surface area contributed by atoms with E-state index in [0.29, 0.717) is 5.56 Å². The number of hydrogen-bond acceptors (Lipinski definition) is 4. The number of aromatic nitrogens is 1. The number of carbonyl (C=O) groups is 1. The third-order valence-electron chi connectivity index (χ3n) is 1.25. The van der Waals surface area contributed by atoms with Crippen LogP contribution in [0.15, 0.2) is 23.5 Å². The number of ketones is 1. The van der Waals surface area contributed by atoms with Crippen molar-refractivity contribution >= 4 is 11.6 Å². The van der Waals surface area contributed by atoms with Crippen molar-refractivity contribution < 1.29 is 4.79 Å². The maximum Gasteiger partial charge on any atom is 0.196 e. The Labute approximate surface area is 63.2 Å². The zero-order valence-corrected chi connectivity index (χ0v) is 5.94. The zero-order chi connectivity index (χ0) is 8.27. The normalized spacial score (nSPS) is 9.18. The van der Waals surface area contributed by atoms with Gasteiger partial charge >= 0.3 is 0 Å². The van der Waals surface area contributed by atoms with Gasteiger partial charge in [-0.2, -0.15) is 0 Å². The van der Waals surface area contributed by atoms with Crippen molar-refractivity contribution in [3.8, 4) is 0 Å². The minimum absolute atomic E-state index is 0.0741. The molecule has 0 aromatic carbocycles. The second kappa shape index (κ2) is 3.01. The van der Waals surface area contributed by atoms with E-state index in [1.165, 1.54) is 25.3 Å². The first-order chi connectivity index (χ1) is 5.24. The Kier molecular flexibility index (Phi) is 2.06. The molecule has 0 fully saturated rings. The summed E-state index contributed by atoms with van der Waals surface area (Å²) in [5.41, 5.74) is 0.484. The molecule has 0 N–H and O–H groups in total. The molecule has 0 saturated heterocycles. The summed E-state index contributed by atoms with van der Waals surface area (Å²) in [7, 11) is 0. The molecule has 0 aliphatic rings. The maximum atomic E-state index is 10.7. The van der Waals surface area contributed by atoms with Crippen molar-refractivity contribution in [2.24, 2.45) is 5.18 Å². The molecule has 0 bridgehead atoms. The van der Waals surface area contributed by atoms with Crippen molar-refractivity contribution in [3.05, 3.63) is 28.8 Å². The van der Waals surface area contributed by atoms with Crippen molar-refractivity contribution in [1.82, 2.24) is 4.98 Å². The van der Waals surface area contributed by atoms with E-state index in [0.717, 1.165) is 0 Å². The smallest absolute Gasteiger partial charge is 0.196 e. The van der Waals surface area contributed by atoms with E-state index in [2.05, 4.69) is 10.2 Å². The predicted octanol–water partition coefficient (Wildman–Crippen LogP) is 1.68. The van der Waals surface area contributed by atoms with Gasteiger partial charge in [0.25, 0.3) is 0 Å². The molecule has 1 aromatic heterocycles. The predicted molar refractivity (Wildman–Crippen MR) is 39.7 cm³/mol. The molecule has 0 atom stereocenters. The third kappa shape index (κ3) is 1.67. The fourth-order valence-corrected chi connectivity index (χ4v) is 0.648. The maximum absolute atomic E-state index is 10.7. The van der Waals surface area contributed by atoms with Crippen LogP contribution in [0.5, 0.6) is 0 Å². The molecule has 0 spiro atoms. The zero-order valence-electron chi connectivity index (χ0n) is 5.94. The van der Waals surface area contributed by atoms with Crippen LogP contribution in [-0.2, 0) is 0 Å². The quantitative estimate of drug-likeness (QED) is 0.476. The second-order valence-electron chi connectivity index (χ2n) is 2.05. The highest BCUT2D eigenvalue weighted by Gasteiger charge is 1.98. The number of nitroso groups, excluding NO2 is 1. The minimum atomic E-state index is -0.0741. The largest absolute Gasteiger partial charge is 0.294 e. The first-order valence-electron chi connectivity index (χ1n) is 3.04. The molecule has 1 rings (SSSR count). The Hall–Kier alpha value is -1.58. The van der Waals surface area contributed by atoms with Gasteiger partial charge in [0.15, 0.2) is 11.6 Å². The number of Topliss-reactive ketones (excluding diaryl/α,β-unsaturated/α-hetero) is 1. The molecule has 56 valence electrons.